The number of fused-ring (bicyclic) bond motifs is 1. The van der Waals surface area contributed by atoms with Gasteiger partial charge in [-0.25, -0.2) is 4.98 Å². The fourth-order valence-electron chi connectivity index (χ4n) is 2.28. The van der Waals surface area contributed by atoms with Crippen LogP contribution in [-0.2, 0) is 19.6 Å². The zero-order valence-electron chi connectivity index (χ0n) is 10.4. The molecule has 0 saturated heterocycles. The van der Waals surface area contributed by atoms with E-state index < -0.39 is 0 Å². The molecule has 4 nitrogen and oxygen atoms in total. The minimum atomic E-state index is 0.757. The number of benzene rings is 1. The van der Waals surface area contributed by atoms with Gasteiger partial charge in [0.2, 0.25) is 0 Å². The molecule has 0 aliphatic carbocycles. The van der Waals surface area contributed by atoms with Crippen LogP contribution in [0.25, 0.3) is 0 Å². The monoisotopic (exact) mass is 240 g/mol. The predicted octanol–water partition coefficient (Wildman–Crippen LogP) is 1.72. The molecule has 0 atom stereocenters. The first-order valence-corrected chi connectivity index (χ1v) is 6.14. The maximum absolute atomic E-state index is 4.49. The third-order valence-corrected chi connectivity index (χ3v) is 3.21. The van der Waals surface area contributed by atoms with Crippen LogP contribution >= 0.6 is 0 Å². The van der Waals surface area contributed by atoms with Gasteiger partial charge in [0.25, 0.3) is 0 Å². The number of aromatic nitrogens is 2. The number of nitrogens with one attached hydrogen (secondary N) is 1. The number of hydrogen-bond donors (Lipinski definition) is 1. The fourth-order valence-corrected chi connectivity index (χ4v) is 2.28. The average molecular weight is 240 g/mol. The van der Waals surface area contributed by atoms with Crippen LogP contribution in [0, 0.1) is 0 Å². The second-order valence-corrected chi connectivity index (χ2v) is 4.52. The van der Waals surface area contributed by atoms with E-state index in [9.17, 15) is 0 Å². The van der Waals surface area contributed by atoms with Gasteiger partial charge in [0.05, 0.1) is 18.1 Å². The fraction of sp³-hybridized carbons (Fsp3) is 0.286. The van der Waals surface area contributed by atoms with E-state index in [2.05, 4.69) is 44.5 Å². The lowest BCUT2D eigenvalue weighted by Crippen LogP contribution is -2.17. The van der Waals surface area contributed by atoms with E-state index in [1.807, 2.05) is 19.4 Å². The summed E-state index contributed by atoms with van der Waals surface area (Å²) in [5, 5.41) is 3.07. The second kappa shape index (κ2) is 4.74. The van der Waals surface area contributed by atoms with Crippen LogP contribution in [0.5, 0.6) is 0 Å². The molecule has 3 rings (SSSR count). The van der Waals surface area contributed by atoms with Crippen LogP contribution in [0.4, 0.5) is 5.82 Å². The van der Waals surface area contributed by atoms with Crippen molar-refractivity contribution in [2.45, 2.75) is 19.6 Å². The van der Waals surface area contributed by atoms with Crippen LogP contribution in [-0.4, -0.2) is 17.0 Å². The average Bonchev–Trinajstić information content (AvgIpc) is 2.84. The van der Waals surface area contributed by atoms with Crippen molar-refractivity contribution >= 4 is 5.82 Å². The zero-order chi connectivity index (χ0) is 12.4. The Morgan fingerprint density at radius 1 is 1.11 bits per heavy atom. The highest BCUT2D eigenvalue weighted by Crippen LogP contribution is 2.25. The van der Waals surface area contributed by atoms with Crippen molar-refractivity contribution in [2.24, 2.45) is 0 Å². The summed E-state index contributed by atoms with van der Waals surface area (Å²) < 4.78 is 0. The third-order valence-electron chi connectivity index (χ3n) is 3.21. The zero-order valence-corrected chi connectivity index (χ0v) is 10.4. The summed E-state index contributed by atoms with van der Waals surface area (Å²) in [5.41, 5.74) is 3.75. The van der Waals surface area contributed by atoms with Gasteiger partial charge in [-0.3, -0.25) is 4.98 Å². The molecule has 1 N–H and O–H groups in total. The van der Waals surface area contributed by atoms with E-state index in [1.54, 1.807) is 0 Å². The van der Waals surface area contributed by atoms with Crippen molar-refractivity contribution in [2.75, 3.05) is 11.9 Å². The highest BCUT2D eigenvalue weighted by Gasteiger charge is 2.19. The van der Waals surface area contributed by atoms with E-state index in [0.29, 0.717) is 0 Å². The molecule has 1 aromatic heterocycles. The standard InChI is InChI=1S/C14H16N4/c1-15-6-13-7-17-14(8-16-13)18-9-11-4-2-3-5-12(11)10-18/h2-5,7-8,15H,6,9-10H2,1H3. The third kappa shape index (κ3) is 2.07. The molecule has 0 bridgehead atoms. The topological polar surface area (TPSA) is 41.1 Å². The molecule has 0 unspecified atom stereocenters. The Kier molecular flexibility index (Phi) is 2.94. The molecular weight excluding hydrogens is 224 g/mol. The van der Waals surface area contributed by atoms with Crippen LogP contribution in [0.15, 0.2) is 36.7 Å². The lowest BCUT2D eigenvalue weighted by Gasteiger charge is -2.15. The largest absolute Gasteiger partial charge is 0.347 e. The Morgan fingerprint density at radius 3 is 2.39 bits per heavy atom. The summed E-state index contributed by atoms with van der Waals surface area (Å²) in [6.45, 7) is 2.61. The van der Waals surface area contributed by atoms with Gasteiger partial charge in [-0.1, -0.05) is 24.3 Å². The first-order valence-electron chi connectivity index (χ1n) is 6.14. The number of anilines is 1. The van der Waals surface area contributed by atoms with Crippen molar-refractivity contribution in [3.05, 3.63) is 53.5 Å². The second-order valence-electron chi connectivity index (χ2n) is 4.52. The lowest BCUT2D eigenvalue weighted by atomic mass is 10.1. The van der Waals surface area contributed by atoms with Gasteiger partial charge in [0.1, 0.15) is 5.82 Å². The van der Waals surface area contributed by atoms with Crippen molar-refractivity contribution in [1.82, 2.24) is 15.3 Å². The molecule has 0 saturated carbocycles. The first-order chi connectivity index (χ1) is 8.86. The van der Waals surface area contributed by atoms with Gasteiger partial charge >= 0.3 is 0 Å². The predicted molar refractivity (Wildman–Crippen MR) is 71.1 cm³/mol. The summed E-state index contributed by atoms with van der Waals surface area (Å²) in [6, 6.07) is 8.53. The van der Waals surface area contributed by atoms with E-state index >= 15 is 0 Å². The Balaban J connectivity index is 1.78. The molecule has 0 amide bonds. The van der Waals surface area contributed by atoms with Gasteiger partial charge in [0.15, 0.2) is 0 Å². The van der Waals surface area contributed by atoms with Gasteiger partial charge in [-0.15, -0.1) is 0 Å². The SMILES string of the molecule is CNCc1cnc(N2Cc3ccccc3C2)cn1. The van der Waals surface area contributed by atoms with Crippen LogP contribution in [0.1, 0.15) is 16.8 Å². The Morgan fingerprint density at radius 2 is 1.83 bits per heavy atom. The Labute approximate surface area is 107 Å². The van der Waals surface area contributed by atoms with Gasteiger partial charge in [-0.2, -0.15) is 0 Å². The normalized spacial score (nSPS) is 13.7. The molecule has 2 aromatic rings. The highest BCUT2D eigenvalue weighted by atomic mass is 15.2. The molecule has 0 fully saturated rings. The maximum Gasteiger partial charge on any atom is 0.147 e. The maximum atomic E-state index is 4.49. The number of rotatable bonds is 3. The van der Waals surface area contributed by atoms with E-state index in [-0.39, 0.29) is 0 Å². The summed E-state index contributed by atoms with van der Waals surface area (Å²) in [7, 11) is 1.91. The first kappa shape index (κ1) is 11.2. The molecule has 92 valence electrons. The molecule has 1 aromatic carbocycles. The van der Waals surface area contributed by atoms with Crippen molar-refractivity contribution in [1.29, 1.82) is 0 Å². The molecule has 0 spiro atoms. The highest BCUT2D eigenvalue weighted by molar-refractivity contribution is 5.45. The molecular formula is C14H16N4. The van der Waals surface area contributed by atoms with Gasteiger partial charge in [0, 0.05) is 19.6 Å². The number of nitrogens with zero attached hydrogens (tertiary/aromatic N) is 3. The van der Waals surface area contributed by atoms with Gasteiger partial charge < -0.3 is 10.2 Å². The van der Waals surface area contributed by atoms with Crippen molar-refractivity contribution in [3.63, 3.8) is 0 Å². The Hall–Kier alpha value is -1.94. The van der Waals surface area contributed by atoms with Crippen molar-refractivity contribution < 1.29 is 0 Å². The van der Waals surface area contributed by atoms with Crippen molar-refractivity contribution in [3.8, 4) is 0 Å². The van der Waals surface area contributed by atoms with E-state index in [4.69, 9.17) is 0 Å². The lowest BCUT2D eigenvalue weighted by molar-refractivity contribution is 0.775. The summed E-state index contributed by atoms with van der Waals surface area (Å²) >= 11 is 0. The van der Waals surface area contributed by atoms with E-state index in [1.165, 1.54) is 11.1 Å². The molecule has 18 heavy (non-hydrogen) atoms. The Bertz CT molecular complexity index is 511. The number of hydrogen-bond acceptors (Lipinski definition) is 4. The van der Waals surface area contributed by atoms with Crippen LogP contribution < -0.4 is 10.2 Å². The van der Waals surface area contributed by atoms with Gasteiger partial charge in [-0.05, 0) is 18.2 Å². The molecule has 0 radical (unpaired) electrons. The van der Waals surface area contributed by atoms with Crippen LogP contribution in [0.2, 0.25) is 0 Å². The molecule has 4 heteroatoms. The minimum absolute atomic E-state index is 0.757. The van der Waals surface area contributed by atoms with Crippen LogP contribution in [0.3, 0.4) is 0 Å². The summed E-state index contributed by atoms with van der Waals surface area (Å²) in [6.07, 6.45) is 3.70. The smallest absolute Gasteiger partial charge is 0.147 e. The minimum Gasteiger partial charge on any atom is -0.347 e. The molecule has 1 aliphatic heterocycles. The quantitative estimate of drug-likeness (QED) is 0.887. The summed E-state index contributed by atoms with van der Waals surface area (Å²) in [5.74, 6) is 0.950. The molecule has 2 heterocycles. The summed E-state index contributed by atoms with van der Waals surface area (Å²) in [4.78, 5) is 11.1. The van der Waals surface area contributed by atoms with E-state index in [0.717, 1.165) is 31.1 Å². The molecule has 1 aliphatic rings.